The van der Waals surface area contributed by atoms with E-state index in [1.807, 2.05) is 26.0 Å². The van der Waals surface area contributed by atoms with Crippen LogP contribution in [0.3, 0.4) is 0 Å². The molecule has 3 aromatic rings. The molecule has 0 fully saturated rings. The monoisotopic (exact) mass is 377 g/mol. The molecule has 1 N–H and O–H groups in total. The average molecular weight is 378 g/mol. The smallest absolute Gasteiger partial charge is 0.355 e. The molecule has 130 valence electrons. The number of hydrogen-bond donors (Lipinski definition) is 1. The Morgan fingerprint density at radius 3 is 2.52 bits per heavy atom. The van der Waals surface area contributed by atoms with Crippen LogP contribution in [-0.4, -0.2) is 17.6 Å². The summed E-state index contributed by atoms with van der Waals surface area (Å²) in [6.07, 6.45) is 0. The molecule has 0 unspecified atom stereocenters. The van der Waals surface area contributed by atoms with Gasteiger partial charge in [0.1, 0.15) is 11.5 Å². The molecule has 25 heavy (non-hydrogen) atoms. The zero-order valence-corrected chi connectivity index (χ0v) is 15.6. The highest BCUT2D eigenvalue weighted by Gasteiger charge is 2.21. The van der Waals surface area contributed by atoms with Gasteiger partial charge in [0.05, 0.1) is 16.5 Å². The molecule has 6 heteroatoms. The molecule has 0 aliphatic rings. The van der Waals surface area contributed by atoms with Crippen LogP contribution < -0.4 is 0 Å². The third kappa shape index (κ3) is 3.67. The second-order valence-corrected chi connectivity index (χ2v) is 7.28. The van der Waals surface area contributed by atoms with Crippen LogP contribution in [0, 0.1) is 19.7 Å². The zero-order valence-electron chi connectivity index (χ0n) is 14.1. The number of aromatic nitrogens is 1. The molecule has 0 saturated carbocycles. The number of H-pyrrole nitrogens is 1. The fraction of sp³-hybridized carbons (Fsp3) is 0.211. The van der Waals surface area contributed by atoms with E-state index in [4.69, 9.17) is 16.3 Å². The standard InChI is InChI=1S/C19H17ClFNO2S/c1-4-24-19(23)17-18(25-12-6-10(2)5-11(3)7-12)13-8-15(21)14(20)9-16(13)22-17/h5-9,22H,4H2,1-3H3. The summed E-state index contributed by atoms with van der Waals surface area (Å²) in [5, 5.41) is 0.612. The van der Waals surface area contributed by atoms with Gasteiger partial charge in [-0.2, -0.15) is 0 Å². The first-order valence-electron chi connectivity index (χ1n) is 7.83. The van der Waals surface area contributed by atoms with Crippen LogP contribution in [0.15, 0.2) is 40.1 Å². The lowest BCUT2D eigenvalue weighted by molar-refractivity contribution is 0.0516. The van der Waals surface area contributed by atoms with E-state index in [2.05, 4.69) is 11.1 Å². The summed E-state index contributed by atoms with van der Waals surface area (Å²) >= 11 is 7.28. The molecule has 0 spiro atoms. The predicted molar refractivity (Wildman–Crippen MR) is 99.3 cm³/mol. The van der Waals surface area contributed by atoms with E-state index in [0.29, 0.717) is 21.5 Å². The lowest BCUT2D eigenvalue weighted by Gasteiger charge is -2.07. The fourth-order valence-corrected chi connectivity index (χ4v) is 4.13. The number of rotatable bonds is 4. The van der Waals surface area contributed by atoms with Crippen LogP contribution in [0.4, 0.5) is 4.39 Å². The van der Waals surface area contributed by atoms with Crippen LogP contribution >= 0.6 is 23.4 Å². The van der Waals surface area contributed by atoms with Gasteiger partial charge in [0.15, 0.2) is 0 Å². The number of aryl methyl sites for hydroxylation is 2. The molecule has 3 rings (SSSR count). The molecule has 2 aromatic carbocycles. The number of halogens is 2. The summed E-state index contributed by atoms with van der Waals surface area (Å²) in [7, 11) is 0. The topological polar surface area (TPSA) is 42.1 Å². The highest BCUT2D eigenvalue weighted by molar-refractivity contribution is 7.99. The molecule has 0 atom stereocenters. The van der Waals surface area contributed by atoms with Crippen molar-refractivity contribution in [2.24, 2.45) is 0 Å². The van der Waals surface area contributed by atoms with E-state index >= 15 is 0 Å². The maximum Gasteiger partial charge on any atom is 0.355 e. The number of benzene rings is 2. The number of hydrogen-bond acceptors (Lipinski definition) is 3. The van der Waals surface area contributed by atoms with Gasteiger partial charge in [-0.1, -0.05) is 29.4 Å². The van der Waals surface area contributed by atoms with E-state index in [0.717, 1.165) is 16.0 Å². The van der Waals surface area contributed by atoms with Crippen LogP contribution in [0.2, 0.25) is 5.02 Å². The Hall–Kier alpha value is -1.98. The van der Waals surface area contributed by atoms with Crippen molar-refractivity contribution in [2.75, 3.05) is 6.61 Å². The Balaban J connectivity index is 2.17. The molecule has 0 saturated heterocycles. The fourth-order valence-electron chi connectivity index (χ4n) is 2.73. The average Bonchev–Trinajstić information content (AvgIpc) is 2.85. The third-order valence-electron chi connectivity index (χ3n) is 3.69. The van der Waals surface area contributed by atoms with Gasteiger partial charge in [-0.15, -0.1) is 0 Å². The first kappa shape index (κ1) is 17.8. The number of nitrogens with one attached hydrogen (secondary N) is 1. The molecule has 1 aromatic heterocycles. The van der Waals surface area contributed by atoms with E-state index in [9.17, 15) is 9.18 Å². The van der Waals surface area contributed by atoms with Crippen molar-refractivity contribution < 1.29 is 13.9 Å². The molecule has 0 aliphatic heterocycles. The minimum Gasteiger partial charge on any atom is -0.461 e. The van der Waals surface area contributed by atoms with Crippen molar-refractivity contribution in [2.45, 2.75) is 30.6 Å². The first-order chi connectivity index (χ1) is 11.9. The van der Waals surface area contributed by atoms with Crippen LogP contribution in [-0.2, 0) is 4.74 Å². The molecule has 0 bridgehead atoms. The summed E-state index contributed by atoms with van der Waals surface area (Å²) in [5.41, 5.74) is 3.15. The Morgan fingerprint density at radius 2 is 1.88 bits per heavy atom. The zero-order chi connectivity index (χ0) is 18.1. The largest absolute Gasteiger partial charge is 0.461 e. The number of ether oxygens (including phenoxy) is 1. The van der Waals surface area contributed by atoms with Crippen molar-refractivity contribution in [3.8, 4) is 0 Å². The summed E-state index contributed by atoms with van der Waals surface area (Å²) < 4.78 is 19.1. The van der Waals surface area contributed by atoms with E-state index in [-0.39, 0.29) is 11.6 Å². The molecule has 3 nitrogen and oxygen atoms in total. The van der Waals surface area contributed by atoms with Crippen molar-refractivity contribution in [1.82, 2.24) is 4.98 Å². The summed E-state index contributed by atoms with van der Waals surface area (Å²) in [4.78, 5) is 17.0. The minimum absolute atomic E-state index is 0.00658. The van der Waals surface area contributed by atoms with Crippen molar-refractivity contribution in [3.05, 3.63) is 58.0 Å². The van der Waals surface area contributed by atoms with Gasteiger partial charge in [-0.25, -0.2) is 9.18 Å². The van der Waals surface area contributed by atoms with E-state index in [1.165, 1.54) is 23.9 Å². The number of aromatic amines is 1. The molecule has 0 aliphatic carbocycles. The van der Waals surface area contributed by atoms with E-state index in [1.54, 1.807) is 6.92 Å². The normalized spacial score (nSPS) is 11.1. The number of esters is 1. The van der Waals surface area contributed by atoms with Gasteiger partial charge in [0, 0.05) is 15.8 Å². The highest BCUT2D eigenvalue weighted by atomic mass is 35.5. The predicted octanol–water partition coefficient (Wildman–Crippen LogP) is 5.91. The van der Waals surface area contributed by atoms with Crippen LogP contribution in [0.25, 0.3) is 10.9 Å². The summed E-state index contributed by atoms with van der Waals surface area (Å²) in [6, 6.07) is 8.96. The maximum absolute atomic E-state index is 14.0. The van der Waals surface area contributed by atoms with Crippen LogP contribution in [0.1, 0.15) is 28.5 Å². The van der Waals surface area contributed by atoms with Crippen LogP contribution in [0.5, 0.6) is 0 Å². The molecule has 0 amide bonds. The number of fused-ring (bicyclic) bond motifs is 1. The molecular weight excluding hydrogens is 361 g/mol. The third-order valence-corrected chi connectivity index (χ3v) is 5.08. The second kappa shape index (κ2) is 7.10. The summed E-state index contributed by atoms with van der Waals surface area (Å²) in [5.74, 6) is -0.993. The summed E-state index contributed by atoms with van der Waals surface area (Å²) in [6.45, 7) is 6.03. The SMILES string of the molecule is CCOC(=O)c1[nH]c2cc(Cl)c(F)cc2c1Sc1cc(C)cc(C)c1. The highest BCUT2D eigenvalue weighted by Crippen LogP contribution is 2.39. The Bertz CT molecular complexity index is 947. The minimum atomic E-state index is -0.522. The number of carbonyl (C=O) groups is 1. The lowest BCUT2D eigenvalue weighted by atomic mass is 10.2. The molecule has 1 heterocycles. The van der Waals surface area contributed by atoms with Crippen molar-refractivity contribution in [3.63, 3.8) is 0 Å². The van der Waals surface area contributed by atoms with Gasteiger partial charge in [0.2, 0.25) is 0 Å². The van der Waals surface area contributed by atoms with Gasteiger partial charge < -0.3 is 9.72 Å². The van der Waals surface area contributed by atoms with Gasteiger partial charge in [0.25, 0.3) is 0 Å². The maximum atomic E-state index is 14.0. The Kier molecular flexibility index (Phi) is 5.06. The lowest BCUT2D eigenvalue weighted by Crippen LogP contribution is -2.06. The van der Waals surface area contributed by atoms with Gasteiger partial charge in [-0.05, 0) is 56.2 Å². The number of carbonyl (C=O) groups excluding carboxylic acids is 1. The first-order valence-corrected chi connectivity index (χ1v) is 9.02. The van der Waals surface area contributed by atoms with Gasteiger partial charge >= 0.3 is 5.97 Å². The Labute approximate surface area is 154 Å². The molecular formula is C19H17ClFNO2S. The van der Waals surface area contributed by atoms with Gasteiger partial charge in [-0.3, -0.25) is 0 Å². The van der Waals surface area contributed by atoms with E-state index < -0.39 is 11.8 Å². The Morgan fingerprint density at radius 1 is 1.20 bits per heavy atom. The second-order valence-electron chi connectivity index (χ2n) is 5.79. The molecule has 0 radical (unpaired) electrons. The van der Waals surface area contributed by atoms with Crippen molar-refractivity contribution >= 4 is 40.2 Å². The quantitative estimate of drug-likeness (QED) is 0.575. The van der Waals surface area contributed by atoms with Crippen molar-refractivity contribution in [1.29, 1.82) is 0 Å².